The van der Waals surface area contributed by atoms with Gasteiger partial charge in [0.2, 0.25) is 0 Å². The third-order valence-corrected chi connectivity index (χ3v) is 4.57. The van der Waals surface area contributed by atoms with Gasteiger partial charge in [-0.2, -0.15) is 0 Å². The van der Waals surface area contributed by atoms with Gasteiger partial charge in [-0.05, 0) is 22.3 Å². The Hall–Kier alpha value is -3.12. The highest BCUT2D eigenvalue weighted by Crippen LogP contribution is 2.45. The molecule has 3 aromatic carbocycles. The Balaban J connectivity index is 2.46. The molecule has 0 aliphatic carbocycles. The van der Waals surface area contributed by atoms with Crippen LogP contribution in [0.4, 0.5) is 0 Å². The van der Waals surface area contributed by atoms with Crippen LogP contribution in [0.5, 0.6) is 0 Å². The third kappa shape index (κ3) is 2.99. The molecule has 3 rings (SSSR count). The fourth-order valence-electron chi connectivity index (χ4n) is 3.54. The van der Waals surface area contributed by atoms with Gasteiger partial charge >= 0.3 is 0 Å². The Labute approximate surface area is 150 Å². The highest BCUT2D eigenvalue weighted by Gasteiger charge is 2.38. The second-order valence-electron chi connectivity index (χ2n) is 5.91. The molecule has 122 valence electrons. The normalized spacial score (nSPS) is 11.8. The van der Waals surface area contributed by atoms with Crippen molar-refractivity contribution in [1.29, 1.82) is 0 Å². The summed E-state index contributed by atoms with van der Waals surface area (Å²) >= 11 is 0. The van der Waals surface area contributed by atoms with Gasteiger partial charge in [0.15, 0.2) is 0 Å². The lowest BCUT2D eigenvalue weighted by atomic mass is 9.64. The van der Waals surface area contributed by atoms with Crippen molar-refractivity contribution in [2.45, 2.75) is 5.41 Å². The Morgan fingerprint density at radius 1 is 0.600 bits per heavy atom. The molecule has 0 unspecified atom stereocenters. The van der Waals surface area contributed by atoms with Crippen LogP contribution in [0.15, 0.2) is 128 Å². The first-order valence-electron chi connectivity index (χ1n) is 8.46. The van der Waals surface area contributed by atoms with Crippen molar-refractivity contribution < 1.29 is 0 Å². The van der Waals surface area contributed by atoms with Gasteiger partial charge < -0.3 is 0 Å². The lowest BCUT2D eigenvalue weighted by Crippen LogP contribution is -2.31. The van der Waals surface area contributed by atoms with Crippen molar-refractivity contribution >= 4 is 0 Å². The Kier molecular flexibility index (Phi) is 5.11. The second-order valence-corrected chi connectivity index (χ2v) is 5.91. The number of rotatable bonds is 6. The van der Waals surface area contributed by atoms with E-state index in [0.717, 1.165) is 5.57 Å². The average molecular weight is 322 g/mol. The molecule has 0 radical (unpaired) electrons. The van der Waals surface area contributed by atoms with E-state index in [4.69, 9.17) is 0 Å². The van der Waals surface area contributed by atoms with Crippen LogP contribution >= 0.6 is 0 Å². The predicted molar refractivity (Wildman–Crippen MR) is 108 cm³/mol. The number of hydrogen-bond acceptors (Lipinski definition) is 0. The zero-order chi connectivity index (χ0) is 17.5. The molecular weight excluding hydrogens is 300 g/mol. The fraction of sp³-hybridized carbons (Fsp3) is 0.0400. The first-order valence-corrected chi connectivity index (χ1v) is 8.46. The molecule has 0 fully saturated rings. The molecule has 0 heterocycles. The molecule has 0 atom stereocenters. The maximum atomic E-state index is 4.11. The smallest absolute Gasteiger partial charge is 0.0701 e. The first-order chi connectivity index (χ1) is 12.3. The molecule has 0 spiro atoms. The highest BCUT2D eigenvalue weighted by molar-refractivity contribution is 5.61. The summed E-state index contributed by atoms with van der Waals surface area (Å²) in [5, 5.41) is 0. The molecule has 0 aromatic heterocycles. The van der Waals surface area contributed by atoms with Gasteiger partial charge in [-0.3, -0.25) is 0 Å². The van der Waals surface area contributed by atoms with E-state index in [-0.39, 0.29) is 0 Å². The standard InChI is InChI=1S/C25H22/c1-3-14-21(4-2)25(22-15-8-5-9-16-22,23-17-10-6-11-18-23)24-19-12-7-13-20-24/h3-20H,1-2H2/b21-14+. The third-order valence-electron chi connectivity index (χ3n) is 4.57. The average Bonchev–Trinajstić information content (AvgIpc) is 2.70. The predicted octanol–water partition coefficient (Wildman–Crippen LogP) is 6.32. The van der Waals surface area contributed by atoms with Crippen LogP contribution in [0.3, 0.4) is 0 Å². The number of allylic oxidation sites excluding steroid dienone is 4. The SMILES string of the molecule is C=C/C=C(\C=C)C(c1ccccc1)(c1ccccc1)c1ccccc1. The largest absolute Gasteiger partial charge is 0.0991 e. The summed E-state index contributed by atoms with van der Waals surface area (Å²) in [7, 11) is 0. The molecular formula is C25H22. The van der Waals surface area contributed by atoms with Gasteiger partial charge in [0, 0.05) is 0 Å². The van der Waals surface area contributed by atoms with E-state index in [9.17, 15) is 0 Å². The molecule has 0 nitrogen and oxygen atoms in total. The Morgan fingerprint density at radius 3 is 1.24 bits per heavy atom. The summed E-state index contributed by atoms with van der Waals surface area (Å²) in [6.45, 7) is 8.02. The van der Waals surface area contributed by atoms with Crippen molar-refractivity contribution in [2.24, 2.45) is 0 Å². The van der Waals surface area contributed by atoms with Crippen LogP contribution in [-0.4, -0.2) is 0 Å². The van der Waals surface area contributed by atoms with E-state index in [2.05, 4.69) is 110 Å². The second kappa shape index (κ2) is 7.63. The summed E-state index contributed by atoms with van der Waals surface area (Å²) in [6.07, 6.45) is 5.83. The summed E-state index contributed by atoms with van der Waals surface area (Å²) in [5.41, 5.74) is 4.30. The van der Waals surface area contributed by atoms with E-state index < -0.39 is 5.41 Å². The van der Waals surface area contributed by atoms with E-state index in [0.29, 0.717) is 0 Å². The van der Waals surface area contributed by atoms with Crippen LogP contribution in [-0.2, 0) is 5.41 Å². The van der Waals surface area contributed by atoms with E-state index in [1.54, 1.807) is 0 Å². The van der Waals surface area contributed by atoms with Gasteiger partial charge in [0.25, 0.3) is 0 Å². The molecule has 25 heavy (non-hydrogen) atoms. The molecule has 0 heteroatoms. The van der Waals surface area contributed by atoms with Crippen LogP contribution in [0.1, 0.15) is 16.7 Å². The van der Waals surface area contributed by atoms with Crippen LogP contribution in [0, 0.1) is 0 Å². The van der Waals surface area contributed by atoms with Crippen molar-refractivity contribution in [1.82, 2.24) is 0 Å². The maximum absolute atomic E-state index is 4.11. The zero-order valence-corrected chi connectivity index (χ0v) is 14.3. The van der Waals surface area contributed by atoms with Gasteiger partial charge in [0.1, 0.15) is 0 Å². The summed E-state index contributed by atoms with van der Waals surface area (Å²) in [6, 6.07) is 31.8. The molecule has 0 aliphatic heterocycles. The monoisotopic (exact) mass is 322 g/mol. The quantitative estimate of drug-likeness (QED) is 0.368. The summed E-state index contributed by atoms with van der Waals surface area (Å²) < 4.78 is 0. The summed E-state index contributed by atoms with van der Waals surface area (Å²) in [5.74, 6) is 0. The van der Waals surface area contributed by atoms with Crippen molar-refractivity contribution in [3.05, 3.63) is 145 Å². The zero-order valence-electron chi connectivity index (χ0n) is 14.3. The Bertz CT molecular complexity index is 759. The maximum Gasteiger partial charge on any atom is 0.0701 e. The molecule has 0 N–H and O–H groups in total. The summed E-state index contributed by atoms with van der Waals surface area (Å²) in [4.78, 5) is 0. The minimum absolute atomic E-state index is 0.431. The van der Waals surface area contributed by atoms with E-state index >= 15 is 0 Å². The lowest BCUT2D eigenvalue weighted by molar-refractivity contribution is 0.744. The van der Waals surface area contributed by atoms with Crippen molar-refractivity contribution in [2.75, 3.05) is 0 Å². The molecule has 0 amide bonds. The van der Waals surface area contributed by atoms with Crippen molar-refractivity contribution in [3.8, 4) is 0 Å². The molecule has 0 aliphatic rings. The van der Waals surface area contributed by atoms with Crippen LogP contribution in [0.25, 0.3) is 0 Å². The first kappa shape index (κ1) is 16.7. The van der Waals surface area contributed by atoms with Gasteiger partial charge in [0.05, 0.1) is 5.41 Å². The molecule has 0 saturated heterocycles. The van der Waals surface area contributed by atoms with Gasteiger partial charge in [-0.1, -0.05) is 122 Å². The molecule has 3 aromatic rings. The highest BCUT2D eigenvalue weighted by atomic mass is 14.4. The van der Waals surface area contributed by atoms with Gasteiger partial charge in [-0.25, -0.2) is 0 Å². The van der Waals surface area contributed by atoms with Crippen molar-refractivity contribution in [3.63, 3.8) is 0 Å². The minimum atomic E-state index is -0.431. The fourth-order valence-corrected chi connectivity index (χ4v) is 3.54. The van der Waals surface area contributed by atoms with E-state index in [1.165, 1.54) is 16.7 Å². The van der Waals surface area contributed by atoms with Crippen LogP contribution < -0.4 is 0 Å². The Morgan fingerprint density at radius 2 is 0.960 bits per heavy atom. The molecule has 0 bridgehead atoms. The minimum Gasteiger partial charge on any atom is -0.0991 e. The number of hydrogen-bond donors (Lipinski definition) is 0. The van der Waals surface area contributed by atoms with E-state index in [1.807, 2.05) is 12.2 Å². The molecule has 0 saturated carbocycles. The van der Waals surface area contributed by atoms with Crippen LogP contribution in [0.2, 0.25) is 0 Å². The topological polar surface area (TPSA) is 0 Å². The number of benzene rings is 3. The lowest BCUT2D eigenvalue weighted by Gasteiger charge is -2.37. The van der Waals surface area contributed by atoms with Gasteiger partial charge in [-0.15, -0.1) is 0 Å².